The molecule has 0 aromatic carbocycles. The van der Waals surface area contributed by atoms with Crippen LogP contribution in [-0.4, -0.2) is 24.9 Å². The van der Waals surface area contributed by atoms with Crippen LogP contribution in [0.25, 0.3) is 0 Å². The minimum Gasteiger partial charge on any atom is -0.356 e. The van der Waals surface area contributed by atoms with Gasteiger partial charge in [0.1, 0.15) is 0 Å². The zero-order valence-corrected chi connectivity index (χ0v) is 15.4. The molecular weight excluding hydrogens is 288 g/mol. The van der Waals surface area contributed by atoms with Crippen LogP contribution in [0.5, 0.6) is 0 Å². The van der Waals surface area contributed by atoms with Gasteiger partial charge in [-0.3, -0.25) is 9.59 Å². The number of carbonyl (C=O) groups excluding carboxylic acids is 2. The quantitative estimate of drug-likeness (QED) is 0.415. The molecule has 0 aromatic heterocycles. The van der Waals surface area contributed by atoms with Crippen molar-refractivity contribution in [2.75, 3.05) is 13.1 Å². The molecule has 0 bridgehead atoms. The highest BCUT2D eigenvalue weighted by molar-refractivity contribution is 5.78. The summed E-state index contributed by atoms with van der Waals surface area (Å²) in [5, 5.41) is 5.87. The molecule has 0 heterocycles. The first kappa shape index (κ1) is 21.9. The summed E-state index contributed by atoms with van der Waals surface area (Å²) in [6, 6.07) is 0. The maximum absolute atomic E-state index is 11.6. The Morgan fingerprint density at radius 2 is 0.957 bits per heavy atom. The van der Waals surface area contributed by atoms with E-state index in [4.69, 9.17) is 0 Å². The largest absolute Gasteiger partial charge is 0.356 e. The van der Waals surface area contributed by atoms with Crippen LogP contribution >= 0.6 is 0 Å². The first-order valence-electron chi connectivity index (χ1n) is 9.74. The molecule has 0 aromatic rings. The second-order valence-electron chi connectivity index (χ2n) is 6.38. The van der Waals surface area contributed by atoms with Gasteiger partial charge < -0.3 is 10.6 Å². The van der Waals surface area contributed by atoms with Gasteiger partial charge in [0.15, 0.2) is 0 Å². The average molecular weight is 327 g/mol. The molecule has 0 radical (unpaired) electrons. The Hall–Kier alpha value is -1.06. The van der Waals surface area contributed by atoms with Crippen molar-refractivity contribution < 1.29 is 9.59 Å². The molecule has 0 saturated carbocycles. The van der Waals surface area contributed by atoms with Gasteiger partial charge in [0.25, 0.3) is 0 Å². The molecule has 23 heavy (non-hydrogen) atoms. The Morgan fingerprint density at radius 3 is 1.35 bits per heavy atom. The van der Waals surface area contributed by atoms with Gasteiger partial charge in [-0.1, -0.05) is 65.2 Å². The van der Waals surface area contributed by atoms with E-state index in [0.717, 1.165) is 25.9 Å². The summed E-state index contributed by atoms with van der Waals surface area (Å²) in [4.78, 5) is 23.3. The third-order valence-corrected chi connectivity index (χ3v) is 4.01. The number of amides is 2. The van der Waals surface area contributed by atoms with Gasteiger partial charge in [-0.2, -0.15) is 0 Å². The molecule has 0 atom stereocenters. The first-order valence-corrected chi connectivity index (χ1v) is 9.74. The Labute approximate surface area is 143 Å². The van der Waals surface area contributed by atoms with Crippen molar-refractivity contribution in [3.63, 3.8) is 0 Å². The lowest BCUT2D eigenvalue weighted by atomic mass is 10.1. The highest BCUT2D eigenvalue weighted by Gasteiger charge is 2.04. The van der Waals surface area contributed by atoms with E-state index in [1.54, 1.807) is 0 Å². The molecule has 0 aliphatic carbocycles. The number of carbonyl (C=O) groups is 2. The average Bonchev–Trinajstić information content (AvgIpc) is 2.54. The Morgan fingerprint density at radius 1 is 0.565 bits per heavy atom. The summed E-state index contributed by atoms with van der Waals surface area (Å²) in [5.41, 5.74) is 0. The fraction of sp³-hybridized carbons (Fsp3) is 0.895. The van der Waals surface area contributed by atoms with Gasteiger partial charge in [0.2, 0.25) is 11.8 Å². The van der Waals surface area contributed by atoms with E-state index in [9.17, 15) is 9.59 Å². The number of hydrogen-bond donors (Lipinski definition) is 2. The van der Waals surface area contributed by atoms with Crippen LogP contribution in [0.2, 0.25) is 0 Å². The molecule has 0 fully saturated rings. The summed E-state index contributed by atoms with van der Waals surface area (Å²) in [5.74, 6) is 0.153. The van der Waals surface area contributed by atoms with Crippen molar-refractivity contribution in [2.24, 2.45) is 0 Å². The topological polar surface area (TPSA) is 58.2 Å². The van der Waals surface area contributed by atoms with Crippen molar-refractivity contribution in [2.45, 2.75) is 97.3 Å². The molecule has 2 amide bonds. The van der Waals surface area contributed by atoms with E-state index in [0.29, 0.717) is 19.3 Å². The van der Waals surface area contributed by atoms with E-state index >= 15 is 0 Å². The van der Waals surface area contributed by atoms with E-state index in [1.165, 1.54) is 51.4 Å². The second kappa shape index (κ2) is 17.3. The van der Waals surface area contributed by atoms with Crippen LogP contribution in [-0.2, 0) is 9.59 Å². The lowest BCUT2D eigenvalue weighted by Crippen LogP contribution is -2.26. The van der Waals surface area contributed by atoms with Gasteiger partial charge in [0.05, 0.1) is 0 Å². The highest BCUT2D eigenvalue weighted by atomic mass is 16.2. The van der Waals surface area contributed by atoms with Crippen LogP contribution in [0.1, 0.15) is 97.3 Å². The van der Waals surface area contributed by atoms with E-state index in [2.05, 4.69) is 24.5 Å². The van der Waals surface area contributed by atoms with Crippen molar-refractivity contribution in [1.82, 2.24) is 10.6 Å². The van der Waals surface area contributed by atoms with Crippen LogP contribution in [0.4, 0.5) is 0 Å². The molecule has 4 nitrogen and oxygen atoms in total. The SMILES string of the molecule is CCCCCCCNC(=O)CCCC(=O)NCCCCCCC. The molecule has 136 valence electrons. The monoisotopic (exact) mass is 326 g/mol. The third kappa shape index (κ3) is 17.1. The molecule has 0 unspecified atom stereocenters. The summed E-state index contributed by atoms with van der Waals surface area (Å²) < 4.78 is 0. The van der Waals surface area contributed by atoms with E-state index in [-0.39, 0.29) is 11.8 Å². The zero-order chi connectivity index (χ0) is 17.2. The lowest BCUT2D eigenvalue weighted by Gasteiger charge is -2.06. The molecule has 0 aliphatic rings. The highest BCUT2D eigenvalue weighted by Crippen LogP contribution is 2.03. The summed E-state index contributed by atoms with van der Waals surface area (Å²) in [6.07, 6.45) is 13.6. The lowest BCUT2D eigenvalue weighted by molar-refractivity contribution is -0.122. The van der Waals surface area contributed by atoms with Gasteiger partial charge in [0, 0.05) is 25.9 Å². The predicted octanol–water partition coefficient (Wildman–Crippen LogP) is 4.33. The molecule has 0 spiro atoms. The fourth-order valence-corrected chi connectivity index (χ4v) is 2.50. The Bertz CT molecular complexity index is 265. The normalized spacial score (nSPS) is 10.5. The standard InChI is InChI=1S/C19H38N2O2/c1-3-5-7-9-11-16-20-18(22)14-13-15-19(23)21-17-12-10-8-6-4-2/h3-17H2,1-2H3,(H,20,22)(H,21,23). The number of unbranched alkanes of at least 4 members (excludes halogenated alkanes) is 8. The van der Waals surface area contributed by atoms with Gasteiger partial charge in [-0.25, -0.2) is 0 Å². The molecule has 0 rings (SSSR count). The minimum absolute atomic E-state index is 0.0767. The van der Waals surface area contributed by atoms with E-state index < -0.39 is 0 Å². The Balaban J connectivity index is 3.33. The number of hydrogen-bond acceptors (Lipinski definition) is 2. The molecular formula is C19H38N2O2. The molecule has 0 aliphatic heterocycles. The van der Waals surface area contributed by atoms with Crippen LogP contribution in [0.15, 0.2) is 0 Å². The van der Waals surface area contributed by atoms with Crippen LogP contribution in [0.3, 0.4) is 0 Å². The van der Waals surface area contributed by atoms with Crippen LogP contribution in [0, 0.1) is 0 Å². The van der Waals surface area contributed by atoms with Gasteiger partial charge in [-0.05, 0) is 19.3 Å². The van der Waals surface area contributed by atoms with Crippen molar-refractivity contribution in [3.8, 4) is 0 Å². The van der Waals surface area contributed by atoms with E-state index in [1.807, 2.05) is 0 Å². The summed E-state index contributed by atoms with van der Waals surface area (Å²) in [7, 11) is 0. The molecule has 4 heteroatoms. The maximum atomic E-state index is 11.6. The second-order valence-corrected chi connectivity index (χ2v) is 6.38. The smallest absolute Gasteiger partial charge is 0.220 e. The minimum atomic E-state index is 0.0767. The number of rotatable bonds is 16. The predicted molar refractivity (Wildman–Crippen MR) is 97.4 cm³/mol. The molecule has 0 saturated heterocycles. The third-order valence-electron chi connectivity index (χ3n) is 4.01. The van der Waals surface area contributed by atoms with Crippen molar-refractivity contribution in [1.29, 1.82) is 0 Å². The fourth-order valence-electron chi connectivity index (χ4n) is 2.50. The summed E-state index contributed by atoms with van der Waals surface area (Å²) in [6.45, 7) is 5.94. The van der Waals surface area contributed by atoms with Crippen molar-refractivity contribution in [3.05, 3.63) is 0 Å². The van der Waals surface area contributed by atoms with Gasteiger partial charge in [-0.15, -0.1) is 0 Å². The van der Waals surface area contributed by atoms with Crippen LogP contribution < -0.4 is 10.6 Å². The van der Waals surface area contributed by atoms with Crippen molar-refractivity contribution >= 4 is 11.8 Å². The molecule has 2 N–H and O–H groups in total. The zero-order valence-electron chi connectivity index (χ0n) is 15.4. The summed E-state index contributed by atoms with van der Waals surface area (Å²) >= 11 is 0. The number of nitrogens with one attached hydrogen (secondary N) is 2. The maximum Gasteiger partial charge on any atom is 0.220 e. The Kier molecular flexibility index (Phi) is 16.5. The first-order chi connectivity index (χ1) is 11.2. The van der Waals surface area contributed by atoms with Gasteiger partial charge >= 0.3 is 0 Å².